The number of nitrogens with zero attached hydrogens (tertiary/aromatic N) is 2. The number of alkyl halides is 3. The van der Waals surface area contributed by atoms with Gasteiger partial charge in [-0.1, -0.05) is 0 Å². The molecule has 0 saturated carbocycles. The number of halogens is 4. The Hall–Kier alpha value is -0.740. The molecule has 19 heavy (non-hydrogen) atoms. The van der Waals surface area contributed by atoms with Gasteiger partial charge in [0.25, 0.3) is 0 Å². The number of rotatable bonds is 2. The molecule has 0 fully saturated rings. The number of aromatic nitrogens is 2. The average molecular weight is 375 g/mol. The van der Waals surface area contributed by atoms with E-state index in [4.69, 9.17) is 0 Å². The second kappa shape index (κ2) is 4.67. The smallest absolute Gasteiger partial charge is 0.231 e. The quantitative estimate of drug-likeness (QED) is 0.810. The summed E-state index contributed by atoms with van der Waals surface area (Å²) in [5, 5.41) is 0. The summed E-state index contributed by atoms with van der Waals surface area (Å²) < 4.78 is 60.2. The van der Waals surface area contributed by atoms with Gasteiger partial charge in [0.05, 0.1) is 10.4 Å². The fourth-order valence-corrected chi connectivity index (χ4v) is 4.20. The van der Waals surface area contributed by atoms with Gasteiger partial charge < -0.3 is 0 Å². The van der Waals surface area contributed by atoms with E-state index >= 15 is 0 Å². The summed E-state index contributed by atoms with van der Waals surface area (Å²) in [6.45, 7) is 1.67. The summed E-state index contributed by atoms with van der Waals surface area (Å²) in [6, 6.07) is 1.59. The van der Waals surface area contributed by atoms with E-state index in [-0.39, 0.29) is 5.65 Å². The molecular weight excluding hydrogens is 369 g/mol. The van der Waals surface area contributed by atoms with Crippen LogP contribution in [0.2, 0.25) is 0 Å². The monoisotopic (exact) mass is 374 g/mol. The third-order valence-electron chi connectivity index (χ3n) is 2.11. The van der Waals surface area contributed by atoms with Crippen molar-refractivity contribution in [3.63, 3.8) is 0 Å². The molecular formula is C9H6BrF3N2O2S2. The van der Waals surface area contributed by atoms with Crippen molar-refractivity contribution >= 4 is 47.5 Å². The number of hydrogen-bond donors (Lipinski definition) is 0. The third-order valence-corrected chi connectivity index (χ3v) is 6.04. The molecule has 0 aliphatic carbocycles. The highest BCUT2D eigenvalue weighted by Crippen LogP contribution is 2.30. The normalized spacial score (nSPS) is 13.1. The van der Waals surface area contributed by atoms with Crippen LogP contribution in [-0.4, -0.2) is 30.3 Å². The number of sulfone groups is 1. The van der Waals surface area contributed by atoms with Crippen LogP contribution < -0.4 is 0 Å². The predicted molar refractivity (Wildman–Crippen MR) is 68.0 cm³/mol. The highest BCUT2D eigenvalue weighted by atomic mass is 79.9. The topological polar surface area (TPSA) is 59.9 Å². The SMILES string of the molecule is Cc1nc2nc(S(=O)(=O)CC(F)(F)F)sc2cc1Br. The Morgan fingerprint density at radius 1 is 1.37 bits per heavy atom. The van der Waals surface area contributed by atoms with E-state index in [0.29, 0.717) is 26.2 Å². The van der Waals surface area contributed by atoms with Gasteiger partial charge in [0.15, 0.2) is 11.4 Å². The van der Waals surface area contributed by atoms with Gasteiger partial charge in [-0.05, 0) is 28.9 Å². The maximum Gasteiger partial charge on any atom is 0.403 e. The van der Waals surface area contributed by atoms with E-state index in [9.17, 15) is 21.6 Å². The molecule has 2 aromatic heterocycles. The maximum absolute atomic E-state index is 12.2. The van der Waals surface area contributed by atoms with E-state index in [2.05, 4.69) is 25.9 Å². The zero-order chi connectivity index (χ0) is 14.4. The predicted octanol–water partition coefficient (Wildman–Crippen LogP) is 3.10. The molecule has 0 N–H and O–H groups in total. The number of pyridine rings is 1. The van der Waals surface area contributed by atoms with Crippen molar-refractivity contribution in [3.05, 3.63) is 16.2 Å². The molecule has 0 saturated heterocycles. The van der Waals surface area contributed by atoms with E-state index in [1.54, 1.807) is 13.0 Å². The molecule has 2 rings (SSSR count). The molecule has 0 amide bonds. The minimum atomic E-state index is -4.79. The molecule has 2 heterocycles. The first-order chi connectivity index (χ1) is 8.58. The summed E-state index contributed by atoms with van der Waals surface area (Å²) in [7, 11) is -4.48. The van der Waals surface area contributed by atoms with Crippen molar-refractivity contribution < 1.29 is 21.6 Å². The van der Waals surface area contributed by atoms with Crippen LogP contribution >= 0.6 is 27.3 Å². The highest BCUT2D eigenvalue weighted by Gasteiger charge is 2.37. The Kier molecular flexibility index (Phi) is 3.60. The van der Waals surface area contributed by atoms with E-state index in [1.807, 2.05) is 0 Å². The summed E-state index contributed by atoms with van der Waals surface area (Å²) in [6.07, 6.45) is -4.79. The van der Waals surface area contributed by atoms with Crippen LogP contribution in [0, 0.1) is 6.92 Å². The van der Waals surface area contributed by atoms with Crippen LogP contribution in [0.1, 0.15) is 5.69 Å². The van der Waals surface area contributed by atoms with Gasteiger partial charge in [-0.15, -0.1) is 11.3 Å². The largest absolute Gasteiger partial charge is 0.403 e. The zero-order valence-electron chi connectivity index (χ0n) is 9.32. The molecule has 10 heteroatoms. The summed E-state index contributed by atoms with van der Waals surface area (Å²) in [5.74, 6) is -1.92. The second-order valence-corrected chi connectivity index (χ2v) is 7.78. The molecule has 0 aliphatic heterocycles. The Balaban J connectivity index is 2.52. The number of hydrogen-bond acceptors (Lipinski definition) is 5. The molecule has 0 radical (unpaired) electrons. The molecule has 0 spiro atoms. The molecule has 0 bridgehead atoms. The summed E-state index contributed by atoms with van der Waals surface area (Å²) >= 11 is 3.89. The van der Waals surface area contributed by atoms with Gasteiger partial charge >= 0.3 is 6.18 Å². The Labute approximate surface area is 118 Å². The lowest BCUT2D eigenvalue weighted by atomic mass is 10.4. The Morgan fingerprint density at radius 3 is 2.58 bits per heavy atom. The van der Waals surface area contributed by atoms with Crippen LogP contribution in [0.25, 0.3) is 10.3 Å². The van der Waals surface area contributed by atoms with E-state index in [0.717, 1.165) is 0 Å². The number of aryl methyl sites for hydroxylation is 1. The fourth-order valence-electron chi connectivity index (χ4n) is 1.32. The minimum absolute atomic E-state index is 0.131. The van der Waals surface area contributed by atoms with Gasteiger partial charge in [0.1, 0.15) is 0 Å². The van der Waals surface area contributed by atoms with Crippen molar-refractivity contribution in [1.82, 2.24) is 9.97 Å². The van der Waals surface area contributed by atoms with Gasteiger partial charge in [0.2, 0.25) is 14.2 Å². The molecule has 0 aliphatic rings. The van der Waals surface area contributed by atoms with Crippen LogP contribution in [0.3, 0.4) is 0 Å². The van der Waals surface area contributed by atoms with E-state index < -0.39 is 26.1 Å². The lowest BCUT2D eigenvalue weighted by Crippen LogP contribution is -2.22. The Morgan fingerprint density at radius 2 is 2.00 bits per heavy atom. The molecule has 0 aromatic carbocycles. The van der Waals surface area contributed by atoms with Crippen LogP contribution in [0.15, 0.2) is 14.9 Å². The van der Waals surface area contributed by atoms with Gasteiger partial charge in [0, 0.05) is 4.47 Å². The zero-order valence-corrected chi connectivity index (χ0v) is 12.5. The van der Waals surface area contributed by atoms with Crippen LogP contribution in [-0.2, 0) is 9.84 Å². The van der Waals surface area contributed by atoms with Crippen molar-refractivity contribution in [2.75, 3.05) is 5.75 Å². The molecule has 104 valence electrons. The van der Waals surface area contributed by atoms with Crippen LogP contribution in [0.5, 0.6) is 0 Å². The molecule has 0 atom stereocenters. The van der Waals surface area contributed by atoms with Crippen molar-refractivity contribution in [2.45, 2.75) is 17.4 Å². The fraction of sp³-hybridized carbons (Fsp3) is 0.333. The first kappa shape index (κ1) is 14.7. The van der Waals surface area contributed by atoms with Crippen molar-refractivity contribution in [1.29, 1.82) is 0 Å². The lowest BCUT2D eigenvalue weighted by molar-refractivity contribution is -0.106. The first-order valence-electron chi connectivity index (χ1n) is 4.82. The minimum Gasteiger partial charge on any atom is -0.231 e. The number of fused-ring (bicyclic) bond motifs is 1. The van der Waals surface area contributed by atoms with E-state index in [1.165, 1.54) is 0 Å². The highest BCUT2D eigenvalue weighted by molar-refractivity contribution is 9.10. The van der Waals surface area contributed by atoms with Crippen molar-refractivity contribution in [2.24, 2.45) is 0 Å². The molecule has 2 aromatic rings. The molecule has 0 unspecified atom stereocenters. The van der Waals surface area contributed by atoms with Crippen molar-refractivity contribution in [3.8, 4) is 0 Å². The second-order valence-electron chi connectivity index (χ2n) is 3.73. The van der Waals surface area contributed by atoms with Gasteiger partial charge in [-0.3, -0.25) is 0 Å². The molecule has 4 nitrogen and oxygen atoms in total. The lowest BCUT2D eigenvalue weighted by Gasteiger charge is -2.04. The van der Waals surface area contributed by atoms with Crippen LogP contribution in [0.4, 0.5) is 13.2 Å². The third kappa shape index (κ3) is 3.23. The van der Waals surface area contributed by atoms with Gasteiger partial charge in [-0.2, -0.15) is 13.2 Å². The standard InChI is InChI=1S/C9H6BrF3N2O2S2/c1-4-5(10)2-6-7(14-4)15-8(18-6)19(16,17)3-9(11,12)13/h2H,3H2,1H3. The summed E-state index contributed by atoms with van der Waals surface area (Å²) in [5.41, 5.74) is 0.712. The Bertz CT molecular complexity index is 701. The first-order valence-corrected chi connectivity index (χ1v) is 8.08. The summed E-state index contributed by atoms with van der Waals surface area (Å²) in [4.78, 5) is 7.68. The van der Waals surface area contributed by atoms with Gasteiger partial charge in [-0.25, -0.2) is 18.4 Å². The number of thiazole rings is 1. The maximum atomic E-state index is 12.2. The average Bonchev–Trinajstić information content (AvgIpc) is 2.58.